The monoisotopic (exact) mass is 302 g/mol. The van der Waals surface area contributed by atoms with Crippen LogP contribution in [-0.2, 0) is 4.79 Å². The number of aliphatic hydroxyl groups excluding tert-OH is 1. The molecule has 1 aromatic rings. The molecule has 0 saturated carbocycles. The number of benzene rings is 1. The number of piperidine rings is 2. The molecule has 1 N–H and O–H groups in total. The zero-order valence-electron chi connectivity index (χ0n) is 13.4. The molecule has 1 amide bonds. The zero-order chi connectivity index (χ0) is 15.6. The first kappa shape index (κ1) is 15.5. The molecule has 4 heteroatoms. The summed E-state index contributed by atoms with van der Waals surface area (Å²) in [5, 5.41) is 9.09. The summed E-state index contributed by atoms with van der Waals surface area (Å²) in [5.74, 6) is 0.263. The quantitative estimate of drug-likeness (QED) is 0.924. The van der Waals surface area contributed by atoms with Crippen LogP contribution in [0.1, 0.15) is 30.7 Å². The van der Waals surface area contributed by atoms with Crippen molar-refractivity contribution in [2.24, 2.45) is 5.41 Å². The lowest BCUT2D eigenvalue weighted by atomic mass is 9.68. The van der Waals surface area contributed by atoms with Crippen molar-refractivity contribution in [1.82, 2.24) is 9.80 Å². The van der Waals surface area contributed by atoms with Crippen LogP contribution < -0.4 is 0 Å². The predicted molar refractivity (Wildman–Crippen MR) is 86.6 cm³/mol. The second kappa shape index (κ2) is 6.39. The van der Waals surface area contributed by atoms with E-state index in [-0.39, 0.29) is 23.8 Å². The van der Waals surface area contributed by atoms with Crippen LogP contribution in [0.2, 0.25) is 0 Å². The molecule has 2 heterocycles. The summed E-state index contributed by atoms with van der Waals surface area (Å²) in [4.78, 5) is 16.9. The Labute approximate surface area is 132 Å². The van der Waals surface area contributed by atoms with Crippen molar-refractivity contribution in [1.29, 1.82) is 0 Å². The number of hydrogen-bond donors (Lipinski definition) is 1. The number of aliphatic hydroxyl groups is 1. The molecule has 1 spiro atoms. The van der Waals surface area contributed by atoms with Gasteiger partial charge in [-0.15, -0.1) is 0 Å². The van der Waals surface area contributed by atoms with Gasteiger partial charge in [-0.05, 0) is 43.3 Å². The van der Waals surface area contributed by atoms with E-state index in [2.05, 4.69) is 17.0 Å². The summed E-state index contributed by atoms with van der Waals surface area (Å²) in [6.07, 6.45) is 3.20. The molecule has 2 aliphatic heterocycles. The van der Waals surface area contributed by atoms with Crippen molar-refractivity contribution >= 4 is 5.91 Å². The van der Waals surface area contributed by atoms with Gasteiger partial charge in [0, 0.05) is 20.1 Å². The highest BCUT2D eigenvalue weighted by molar-refractivity contribution is 5.84. The number of likely N-dealkylation sites (N-methyl/N-ethyl adjacent to an activating group) is 1. The van der Waals surface area contributed by atoms with Crippen LogP contribution in [0.15, 0.2) is 30.3 Å². The van der Waals surface area contributed by atoms with Crippen LogP contribution in [0.5, 0.6) is 0 Å². The number of amides is 1. The molecule has 0 bridgehead atoms. The summed E-state index contributed by atoms with van der Waals surface area (Å²) < 4.78 is 0. The molecule has 1 unspecified atom stereocenters. The highest BCUT2D eigenvalue weighted by atomic mass is 16.3. The topological polar surface area (TPSA) is 43.8 Å². The standard InChI is InChI=1S/C18H26N2O2/c1-19-14-18(7-9-20(10-8-18)11-12-21)13-16(17(19)22)15-5-3-2-4-6-15/h2-6,16,21H,7-14H2,1H3. The molecular formula is C18H26N2O2. The van der Waals surface area contributed by atoms with E-state index in [1.165, 1.54) is 0 Å². The van der Waals surface area contributed by atoms with Gasteiger partial charge in [0.05, 0.1) is 12.5 Å². The molecule has 0 radical (unpaired) electrons. The highest BCUT2D eigenvalue weighted by Gasteiger charge is 2.44. The number of β-amino-alcohol motifs (C(OH)–C–C–N with tert-alkyl or cyclic N) is 1. The molecule has 0 aromatic heterocycles. The first-order chi connectivity index (χ1) is 10.6. The average Bonchev–Trinajstić information content (AvgIpc) is 2.54. The van der Waals surface area contributed by atoms with Crippen molar-refractivity contribution in [3.05, 3.63) is 35.9 Å². The fourth-order valence-electron chi connectivity index (χ4n) is 4.13. The van der Waals surface area contributed by atoms with Crippen molar-refractivity contribution in [2.75, 3.05) is 39.8 Å². The molecule has 120 valence electrons. The SMILES string of the molecule is CN1CC2(CCN(CCO)CC2)CC(c2ccccc2)C1=O. The predicted octanol–water partition coefficient (Wildman–Crippen LogP) is 1.71. The fourth-order valence-corrected chi connectivity index (χ4v) is 4.13. The second-order valence-corrected chi connectivity index (χ2v) is 6.93. The first-order valence-corrected chi connectivity index (χ1v) is 8.27. The third kappa shape index (κ3) is 3.03. The molecule has 3 rings (SSSR count). The Morgan fingerprint density at radius 1 is 1.23 bits per heavy atom. The number of rotatable bonds is 3. The Kier molecular flexibility index (Phi) is 4.50. The first-order valence-electron chi connectivity index (χ1n) is 8.27. The summed E-state index contributed by atoms with van der Waals surface area (Å²) >= 11 is 0. The Morgan fingerprint density at radius 3 is 2.55 bits per heavy atom. The Bertz CT molecular complexity index is 509. The van der Waals surface area contributed by atoms with Gasteiger partial charge in [-0.2, -0.15) is 0 Å². The summed E-state index contributed by atoms with van der Waals surface area (Å²) in [7, 11) is 1.94. The van der Waals surface area contributed by atoms with Crippen molar-refractivity contribution < 1.29 is 9.90 Å². The molecule has 4 nitrogen and oxygen atoms in total. The molecule has 1 aromatic carbocycles. The average molecular weight is 302 g/mol. The van der Waals surface area contributed by atoms with Crippen LogP contribution in [0, 0.1) is 5.41 Å². The van der Waals surface area contributed by atoms with Crippen molar-refractivity contribution in [3.8, 4) is 0 Å². The number of likely N-dealkylation sites (tertiary alicyclic amines) is 2. The molecule has 22 heavy (non-hydrogen) atoms. The minimum atomic E-state index is 0.00402. The minimum absolute atomic E-state index is 0.00402. The Balaban J connectivity index is 1.76. The summed E-state index contributed by atoms with van der Waals surface area (Å²) in [6, 6.07) is 10.2. The van der Waals surface area contributed by atoms with Crippen molar-refractivity contribution in [3.63, 3.8) is 0 Å². The maximum atomic E-state index is 12.6. The number of hydrogen-bond acceptors (Lipinski definition) is 3. The second-order valence-electron chi connectivity index (χ2n) is 6.93. The number of carbonyl (C=O) groups is 1. The number of nitrogens with zero attached hydrogens (tertiary/aromatic N) is 2. The maximum Gasteiger partial charge on any atom is 0.229 e. The number of carbonyl (C=O) groups excluding carboxylic acids is 1. The van der Waals surface area contributed by atoms with Crippen LogP contribution in [0.3, 0.4) is 0 Å². The van der Waals surface area contributed by atoms with E-state index in [0.717, 1.165) is 51.0 Å². The summed E-state index contributed by atoms with van der Waals surface area (Å²) in [6.45, 7) is 3.95. The van der Waals surface area contributed by atoms with Gasteiger partial charge in [-0.3, -0.25) is 4.79 Å². The van der Waals surface area contributed by atoms with Crippen LogP contribution >= 0.6 is 0 Å². The van der Waals surface area contributed by atoms with E-state index < -0.39 is 0 Å². The van der Waals surface area contributed by atoms with Gasteiger partial charge < -0.3 is 14.9 Å². The van der Waals surface area contributed by atoms with Gasteiger partial charge in [-0.1, -0.05) is 30.3 Å². The Morgan fingerprint density at radius 2 is 1.91 bits per heavy atom. The van der Waals surface area contributed by atoms with Gasteiger partial charge in [-0.25, -0.2) is 0 Å². The lowest BCUT2D eigenvalue weighted by Gasteiger charge is -2.49. The summed E-state index contributed by atoms with van der Waals surface area (Å²) in [5.41, 5.74) is 1.39. The Hall–Kier alpha value is -1.39. The van der Waals surface area contributed by atoms with E-state index in [1.54, 1.807) is 0 Å². The molecule has 2 fully saturated rings. The smallest absolute Gasteiger partial charge is 0.229 e. The van der Waals surface area contributed by atoms with E-state index in [9.17, 15) is 4.79 Å². The lowest BCUT2D eigenvalue weighted by molar-refractivity contribution is -0.139. The van der Waals surface area contributed by atoms with Gasteiger partial charge in [0.2, 0.25) is 5.91 Å². The molecule has 1 atom stereocenters. The van der Waals surface area contributed by atoms with E-state index in [4.69, 9.17) is 5.11 Å². The molecule has 0 aliphatic carbocycles. The van der Waals surface area contributed by atoms with Crippen LogP contribution in [-0.4, -0.2) is 60.6 Å². The largest absolute Gasteiger partial charge is 0.395 e. The van der Waals surface area contributed by atoms with E-state index in [0.29, 0.717) is 0 Å². The third-order valence-corrected chi connectivity index (χ3v) is 5.42. The molecular weight excluding hydrogens is 276 g/mol. The van der Waals surface area contributed by atoms with E-state index >= 15 is 0 Å². The third-order valence-electron chi connectivity index (χ3n) is 5.42. The van der Waals surface area contributed by atoms with Crippen LogP contribution in [0.25, 0.3) is 0 Å². The van der Waals surface area contributed by atoms with Gasteiger partial charge >= 0.3 is 0 Å². The van der Waals surface area contributed by atoms with Crippen molar-refractivity contribution in [2.45, 2.75) is 25.2 Å². The molecule has 2 saturated heterocycles. The lowest BCUT2D eigenvalue weighted by Crippen LogP contribution is -2.53. The van der Waals surface area contributed by atoms with Gasteiger partial charge in [0.15, 0.2) is 0 Å². The fraction of sp³-hybridized carbons (Fsp3) is 0.611. The van der Waals surface area contributed by atoms with E-state index in [1.807, 2.05) is 30.1 Å². The van der Waals surface area contributed by atoms with Gasteiger partial charge in [0.25, 0.3) is 0 Å². The van der Waals surface area contributed by atoms with Gasteiger partial charge in [0.1, 0.15) is 0 Å². The zero-order valence-corrected chi connectivity index (χ0v) is 13.4. The normalized spacial score (nSPS) is 25.6. The maximum absolute atomic E-state index is 12.6. The molecule has 2 aliphatic rings. The highest BCUT2D eigenvalue weighted by Crippen LogP contribution is 2.45. The minimum Gasteiger partial charge on any atom is -0.395 e. The van der Waals surface area contributed by atoms with Crippen LogP contribution in [0.4, 0.5) is 0 Å².